The predicted octanol–water partition coefficient (Wildman–Crippen LogP) is 6.60. The second-order valence-electron chi connectivity index (χ2n) is 12.3. The summed E-state index contributed by atoms with van der Waals surface area (Å²) in [5.74, 6) is 0. The van der Waals surface area contributed by atoms with Crippen LogP contribution in [0.15, 0.2) is 18.7 Å². The maximum absolute atomic E-state index is 5.09. The van der Waals surface area contributed by atoms with Crippen molar-refractivity contribution >= 4 is 0 Å². The molecule has 3 heterocycles. The van der Waals surface area contributed by atoms with Gasteiger partial charge in [-0.15, -0.1) is 0 Å². The van der Waals surface area contributed by atoms with E-state index in [1.54, 1.807) is 14.2 Å². The number of rotatable bonds is 10. The highest BCUT2D eigenvalue weighted by atomic mass is 16.5. The Morgan fingerprint density at radius 2 is 1.07 bits per heavy atom. The van der Waals surface area contributed by atoms with Gasteiger partial charge in [0.05, 0.1) is 93.8 Å². The monoisotopic (exact) mass is 619 g/mol. The molecular formula is C36H84N5O2-. The van der Waals surface area contributed by atoms with E-state index in [4.69, 9.17) is 9.47 Å². The third-order valence-electron chi connectivity index (χ3n) is 8.47. The van der Waals surface area contributed by atoms with Gasteiger partial charge in [-0.1, -0.05) is 0 Å². The summed E-state index contributed by atoms with van der Waals surface area (Å²) in [7, 11) is 12.0. The Balaban J connectivity index is -0.000000103. The summed E-state index contributed by atoms with van der Waals surface area (Å²) < 4.78 is 17.8. The minimum absolute atomic E-state index is 0. The zero-order valence-corrected chi connectivity index (χ0v) is 32.5. The van der Waals surface area contributed by atoms with E-state index >= 15 is 0 Å². The Morgan fingerprint density at radius 1 is 0.674 bits per heavy atom. The minimum Gasteiger partial charge on any atom is -0.379 e. The van der Waals surface area contributed by atoms with E-state index in [1.807, 2.05) is 17.8 Å². The fourth-order valence-electron chi connectivity index (χ4n) is 5.30. The molecule has 2 aliphatic heterocycles. The van der Waals surface area contributed by atoms with Crippen molar-refractivity contribution in [3.05, 3.63) is 55.9 Å². The molecule has 0 aliphatic carbocycles. The smallest absolute Gasteiger partial charge is 0.243 e. The predicted molar refractivity (Wildman–Crippen MR) is 194 cm³/mol. The van der Waals surface area contributed by atoms with Gasteiger partial charge in [0.2, 0.25) is 6.33 Å². The molecule has 7 nitrogen and oxygen atoms in total. The highest BCUT2D eigenvalue weighted by molar-refractivity contribution is 4.63. The van der Waals surface area contributed by atoms with Crippen LogP contribution in [-0.4, -0.2) is 125 Å². The standard InChI is InChI=1S/C10H20N.C9H22NO.C6H11N2.C6H16NO.5CH3/c1-3-7-11(8-4-1)9-5-2-6-10-11;1-5-10(6-2,7-3)8-9-11-4;1-3-8-5-4-7(2)6-8;1-7(2,3)5-6-8-4;;;;;/h1-10H2;5-9H2,1-4H3;4-6H,3H2,1-2H3;5-6H2,1-4H3;5*1H3/q4*+1;5*-1. The lowest BCUT2D eigenvalue weighted by molar-refractivity contribution is -0.936. The number of likely N-dealkylation sites (N-methyl/N-ethyl adjacent to an activating group) is 2. The first-order valence-corrected chi connectivity index (χ1v) is 15.5. The number of hydrogen-bond acceptors (Lipinski definition) is 2. The van der Waals surface area contributed by atoms with Gasteiger partial charge >= 0.3 is 0 Å². The van der Waals surface area contributed by atoms with Crippen LogP contribution in [0.1, 0.15) is 66.2 Å². The van der Waals surface area contributed by atoms with E-state index in [0.717, 1.165) is 37.3 Å². The molecule has 0 N–H and O–H groups in total. The highest BCUT2D eigenvalue weighted by Gasteiger charge is 2.30. The number of ether oxygens (including phenoxy) is 2. The van der Waals surface area contributed by atoms with E-state index in [9.17, 15) is 0 Å². The summed E-state index contributed by atoms with van der Waals surface area (Å²) in [6.45, 7) is 23.6. The van der Waals surface area contributed by atoms with Crippen LogP contribution in [0.25, 0.3) is 0 Å². The highest BCUT2D eigenvalue weighted by Crippen LogP contribution is 2.24. The molecule has 1 spiro atoms. The number of methoxy groups -OCH3 is 2. The second kappa shape index (κ2) is 31.0. The van der Waals surface area contributed by atoms with Gasteiger partial charge in [0.15, 0.2) is 0 Å². The molecule has 2 fully saturated rings. The molecule has 266 valence electrons. The van der Waals surface area contributed by atoms with Crippen molar-refractivity contribution in [2.45, 2.75) is 72.8 Å². The molecule has 1 aromatic heterocycles. The van der Waals surface area contributed by atoms with Gasteiger partial charge in [-0.25, -0.2) is 9.13 Å². The van der Waals surface area contributed by atoms with Crippen molar-refractivity contribution in [1.82, 2.24) is 4.57 Å². The first-order valence-electron chi connectivity index (χ1n) is 15.5. The van der Waals surface area contributed by atoms with Crippen LogP contribution in [0, 0.1) is 37.1 Å². The maximum atomic E-state index is 5.09. The zero-order chi connectivity index (χ0) is 28.9. The molecule has 43 heavy (non-hydrogen) atoms. The van der Waals surface area contributed by atoms with Gasteiger partial charge in [0.1, 0.15) is 25.5 Å². The summed E-state index contributed by atoms with van der Waals surface area (Å²) >= 11 is 0. The molecule has 0 amide bonds. The summed E-state index contributed by atoms with van der Waals surface area (Å²) in [5, 5.41) is 0. The number of nitrogens with zero attached hydrogens (tertiary/aromatic N) is 5. The SMILES string of the molecule is C1CC[N+]2(CC1)CCCCC2.CC[N+](CC)(CC)CCOC.CCn1cc[n+](C)c1.COCC[N+](C)(C)C.[CH3-].[CH3-].[CH3-].[CH3-].[CH3-]. The number of piperidine rings is 2. The molecule has 0 saturated carbocycles. The largest absolute Gasteiger partial charge is 0.379 e. The molecule has 1 aromatic rings. The zero-order valence-electron chi connectivity index (χ0n) is 32.5. The van der Waals surface area contributed by atoms with Gasteiger partial charge in [-0.3, -0.25) is 0 Å². The summed E-state index contributed by atoms with van der Waals surface area (Å²) in [6, 6.07) is 0. The van der Waals surface area contributed by atoms with E-state index in [-0.39, 0.29) is 37.1 Å². The molecule has 3 rings (SSSR count). The van der Waals surface area contributed by atoms with E-state index in [1.165, 1.54) is 93.3 Å². The normalized spacial score (nSPS) is 14.9. The lowest BCUT2D eigenvalue weighted by Crippen LogP contribution is -2.54. The molecule has 0 unspecified atom stereocenters. The molecule has 0 atom stereocenters. The topological polar surface area (TPSA) is 27.3 Å². The van der Waals surface area contributed by atoms with E-state index in [0.29, 0.717) is 0 Å². The van der Waals surface area contributed by atoms with Crippen LogP contribution >= 0.6 is 0 Å². The molecule has 0 bridgehead atoms. The van der Waals surface area contributed by atoms with Crippen molar-refractivity contribution in [3.8, 4) is 0 Å². The minimum atomic E-state index is 0. The molecule has 7 heteroatoms. The third-order valence-corrected chi connectivity index (χ3v) is 8.47. The summed E-state index contributed by atoms with van der Waals surface area (Å²) in [4.78, 5) is 0. The maximum Gasteiger partial charge on any atom is 0.243 e. The van der Waals surface area contributed by atoms with Crippen molar-refractivity contribution in [3.63, 3.8) is 0 Å². The van der Waals surface area contributed by atoms with Crippen molar-refractivity contribution in [2.75, 3.05) is 107 Å². The average molecular weight is 619 g/mol. The number of aromatic nitrogens is 2. The summed E-state index contributed by atoms with van der Waals surface area (Å²) in [5.41, 5.74) is 0. The Labute approximate surface area is 274 Å². The van der Waals surface area contributed by atoms with Crippen molar-refractivity contribution in [1.29, 1.82) is 0 Å². The fraction of sp³-hybridized carbons (Fsp3) is 0.778. The lowest BCUT2D eigenvalue weighted by atomic mass is 10.0. The molecule has 2 aliphatic rings. The van der Waals surface area contributed by atoms with Crippen LogP contribution < -0.4 is 4.57 Å². The van der Waals surface area contributed by atoms with Crippen LogP contribution in [0.4, 0.5) is 0 Å². The number of quaternary nitrogens is 3. The van der Waals surface area contributed by atoms with Gasteiger partial charge < -0.3 is 60.1 Å². The third kappa shape index (κ3) is 26.0. The van der Waals surface area contributed by atoms with Gasteiger partial charge in [-0.2, -0.15) is 0 Å². The first-order chi connectivity index (χ1) is 18.0. The number of hydrogen-bond donors (Lipinski definition) is 0. The van der Waals surface area contributed by atoms with Crippen molar-refractivity contribution in [2.24, 2.45) is 7.05 Å². The Morgan fingerprint density at radius 3 is 1.30 bits per heavy atom. The van der Waals surface area contributed by atoms with Crippen molar-refractivity contribution < 1.29 is 27.5 Å². The van der Waals surface area contributed by atoms with Gasteiger partial charge in [-0.05, 0) is 66.2 Å². The van der Waals surface area contributed by atoms with E-state index < -0.39 is 0 Å². The lowest BCUT2D eigenvalue weighted by Gasteiger charge is -2.44. The molecule has 0 aromatic carbocycles. The van der Waals surface area contributed by atoms with E-state index in [2.05, 4.69) is 65.9 Å². The average Bonchev–Trinajstić information content (AvgIpc) is 3.36. The fourth-order valence-corrected chi connectivity index (χ4v) is 5.30. The number of aryl methyl sites for hydroxylation is 2. The van der Waals surface area contributed by atoms with Crippen LogP contribution in [0.2, 0.25) is 0 Å². The second-order valence-corrected chi connectivity index (χ2v) is 12.3. The van der Waals surface area contributed by atoms with Crippen LogP contribution in [0.5, 0.6) is 0 Å². The molecule has 2 saturated heterocycles. The van der Waals surface area contributed by atoms with Gasteiger partial charge in [0, 0.05) is 14.2 Å². The Hall–Kier alpha value is -0.990. The molecule has 0 radical (unpaired) electrons. The quantitative estimate of drug-likeness (QED) is 0.168. The van der Waals surface area contributed by atoms with Crippen LogP contribution in [-0.2, 0) is 23.1 Å². The Kier molecular flexibility index (Phi) is 39.3. The van der Waals surface area contributed by atoms with Gasteiger partial charge in [0.25, 0.3) is 0 Å². The number of imidazole rings is 1. The summed E-state index contributed by atoms with van der Waals surface area (Å²) in [6.07, 6.45) is 15.1. The Bertz CT molecular complexity index is 629. The molecular weight excluding hydrogens is 534 g/mol. The van der Waals surface area contributed by atoms with Crippen LogP contribution in [0.3, 0.4) is 0 Å². The first kappa shape index (κ1) is 54.5.